The molecule has 0 unspecified atom stereocenters. The number of aromatic nitrogens is 9. The highest BCUT2D eigenvalue weighted by atomic mass is 32.1. The van der Waals surface area contributed by atoms with E-state index in [-0.39, 0.29) is 36.2 Å². The van der Waals surface area contributed by atoms with Crippen molar-refractivity contribution in [3.8, 4) is 75.1 Å². The summed E-state index contributed by atoms with van der Waals surface area (Å²) in [6.45, 7) is 5.15. The number of nitrogens with one attached hydrogen (secondary N) is 8. The Morgan fingerprint density at radius 2 is 0.756 bits per heavy atom. The van der Waals surface area contributed by atoms with Crippen LogP contribution >= 0.6 is 11.3 Å². The predicted octanol–water partition coefficient (Wildman–Crippen LogP) is 14.5. The molecule has 14 aromatic rings. The summed E-state index contributed by atoms with van der Waals surface area (Å²) in [5.74, 6) is 6.84. The van der Waals surface area contributed by atoms with Crippen LogP contribution in [0.15, 0.2) is 163 Å². The minimum absolute atomic E-state index is 0.0811. The molecule has 30 nitrogen and oxygen atoms in total. The van der Waals surface area contributed by atoms with Crippen molar-refractivity contribution < 1.29 is 76.0 Å². The summed E-state index contributed by atoms with van der Waals surface area (Å²) in [4.78, 5) is 55.9. The summed E-state index contributed by atoms with van der Waals surface area (Å²) in [5, 5.41) is 54.5. The Bertz CT molecular complexity index is 6420. The monoisotopic (exact) mass is 1670 g/mol. The smallest absolute Gasteiger partial charge is 0.255 e. The molecule has 8 aromatic carbocycles. The molecule has 1 aliphatic carbocycles. The fourth-order valence-electron chi connectivity index (χ4n) is 14.0. The summed E-state index contributed by atoms with van der Waals surface area (Å²) in [5.41, 5.74) is 12.3. The zero-order valence-electron chi connectivity index (χ0n) is 67.1. The first kappa shape index (κ1) is 81.2. The molecule has 0 saturated heterocycles. The highest BCUT2D eigenvalue weighted by Gasteiger charge is 2.28. The van der Waals surface area contributed by atoms with Gasteiger partial charge in [0.2, 0.25) is 0 Å². The van der Waals surface area contributed by atoms with E-state index in [1.807, 2.05) is 169 Å². The van der Waals surface area contributed by atoms with Gasteiger partial charge in [-0.25, -0.2) is 0 Å². The van der Waals surface area contributed by atoms with Crippen LogP contribution in [0.3, 0.4) is 0 Å². The number of carbonyl (C=O) groups is 4. The molecular weight excluding hydrogens is 1590 g/mol. The molecule has 5 aliphatic rings. The van der Waals surface area contributed by atoms with Gasteiger partial charge in [0.1, 0.15) is 82.4 Å². The number of fused-ring (bicyclic) bond motifs is 8. The molecule has 622 valence electrons. The number of hydrogen-bond acceptors (Lipinski definition) is 23. The number of methoxy groups -OCH3 is 4. The minimum Gasteiger partial charge on any atom is -0.495 e. The van der Waals surface area contributed by atoms with Crippen molar-refractivity contribution in [2.75, 3.05) is 87.8 Å². The van der Waals surface area contributed by atoms with E-state index in [4.69, 9.17) is 62.1 Å². The number of carbonyl (C=O) groups excluding carboxylic acids is 4. The predicted molar refractivity (Wildman–Crippen MR) is 465 cm³/mol. The van der Waals surface area contributed by atoms with Crippen molar-refractivity contribution in [3.63, 3.8) is 0 Å². The molecule has 1 fully saturated rings. The number of hydrogen-bond donors (Lipinski definition) is 8. The molecule has 10 heterocycles. The Morgan fingerprint density at radius 1 is 0.415 bits per heavy atom. The molecule has 4 amide bonds. The maximum atomic E-state index is 12.9. The molecule has 0 atom stereocenters. The average Bonchev–Trinajstić information content (AvgIpc) is 1.67. The van der Waals surface area contributed by atoms with Gasteiger partial charge in [-0.1, -0.05) is 60.7 Å². The van der Waals surface area contributed by atoms with Crippen molar-refractivity contribution in [1.29, 1.82) is 5.26 Å². The normalized spacial score (nSPS) is 13.5. The first-order chi connectivity index (χ1) is 60.4. The van der Waals surface area contributed by atoms with Crippen LogP contribution < -0.4 is 78.1 Å². The largest absolute Gasteiger partial charge is 0.495 e. The Labute approximate surface area is 707 Å². The Hall–Kier alpha value is -15.6. The second kappa shape index (κ2) is 38.0. The van der Waals surface area contributed by atoms with Gasteiger partial charge in [-0.2, -0.15) is 25.7 Å². The molecule has 0 radical (unpaired) electrons. The molecule has 6 aromatic heterocycles. The molecule has 0 bridgehead atoms. The third-order valence-corrected chi connectivity index (χ3v) is 20.9. The average molecular weight is 1670 g/mol. The molecular formula is C92H82N14O16S. The van der Waals surface area contributed by atoms with Crippen molar-refractivity contribution in [3.05, 3.63) is 241 Å². The summed E-state index contributed by atoms with van der Waals surface area (Å²) in [7, 11) is 6.18. The molecule has 1 saturated carbocycles. The third-order valence-electron chi connectivity index (χ3n) is 20.1. The van der Waals surface area contributed by atoms with Gasteiger partial charge in [-0.05, 0) is 180 Å². The van der Waals surface area contributed by atoms with E-state index in [9.17, 15) is 19.2 Å². The van der Waals surface area contributed by atoms with Gasteiger partial charge < -0.3 is 78.1 Å². The van der Waals surface area contributed by atoms with E-state index >= 15 is 0 Å². The van der Waals surface area contributed by atoms with Crippen LogP contribution in [0.25, 0.3) is 92.2 Å². The molecule has 8 N–H and O–H groups in total. The van der Waals surface area contributed by atoms with Crippen molar-refractivity contribution >= 4 is 127 Å². The van der Waals surface area contributed by atoms with Gasteiger partial charge in [0.05, 0.1) is 130 Å². The van der Waals surface area contributed by atoms with E-state index in [2.05, 4.69) is 67.0 Å². The molecule has 0 spiro atoms. The van der Waals surface area contributed by atoms with Crippen LogP contribution in [-0.4, -0.2) is 163 Å². The molecule has 19 rings (SSSR count). The number of pyridine rings is 1. The molecule has 31 heteroatoms. The number of amides is 4. The number of nitrogens with zero attached hydrogens (tertiary/aromatic N) is 6. The molecule has 4 aliphatic heterocycles. The number of rotatable bonds is 22. The van der Waals surface area contributed by atoms with E-state index in [0.29, 0.717) is 139 Å². The third kappa shape index (κ3) is 18.8. The van der Waals surface area contributed by atoms with Gasteiger partial charge in [-0.3, -0.25) is 44.6 Å². The highest BCUT2D eigenvalue weighted by molar-refractivity contribution is 7.09. The maximum absolute atomic E-state index is 12.9. The van der Waals surface area contributed by atoms with Gasteiger partial charge in [0.25, 0.3) is 23.6 Å². The number of nitriles is 1. The summed E-state index contributed by atoms with van der Waals surface area (Å²) in [6.07, 6.45) is 20.8. The van der Waals surface area contributed by atoms with Crippen LogP contribution in [0, 0.1) is 11.3 Å². The Balaban J connectivity index is 0.000000122. The Morgan fingerprint density at radius 3 is 1.07 bits per heavy atom. The fraction of sp³-hybridized carbons (Fsp3) is 0.196. The van der Waals surface area contributed by atoms with Crippen LogP contribution in [0.5, 0.6) is 69.0 Å². The first-order valence-electron chi connectivity index (χ1n) is 39.3. The van der Waals surface area contributed by atoms with Gasteiger partial charge in [-0.15, -0.1) is 11.3 Å². The summed E-state index contributed by atoms with van der Waals surface area (Å²) < 4.78 is 67.3. The second-order valence-electron chi connectivity index (χ2n) is 28.1. The maximum Gasteiger partial charge on any atom is 0.255 e. The number of aromatic amines is 4. The van der Waals surface area contributed by atoms with Crippen molar-refractivity contribution in [2.24, 2.45) is 0 Å². The van der Waals surface area contributed by atoms with Gasteiger partial charge in [0, 0.05) is 29.9 Å². The van der Waals surface area contributed by atoms with E-state index < -0.39 is 0 Å². The van der Waals surface area contributed by atoms with Gasteiger partial charge in [0.15, 0.2) is 46.0 Å². The quantitative estimate of drug-likeness (QED) is 0.0292. The Kier molecular flexibility index (Phi) is 25.1. The zero-order chi connectivity index (χ0) is 84.5. The van der Waals surface area contributed by atoms with Crippen LogP contribution in [0.4, 0.5) is 0 Å². The highest BCUT2D eigenvalue weighted by Crippen LogP contribution is 2.41. The number of thiophene rings is 1. The first-order valence-corrected chi connectivity index (χ1v) is 40.2. The van der Waals surface area contributed by atoms with E-state index in [1.165, 1.54) is 7.11 Å². The van der Waals surface area contributed by atoms with Crippen LogP contribution in [0.1, 0.15) is 110 Å². The van der Waals surface area contributed by atoms with E-state index in [1.54, 1.807) is 81.5 Å². The molecule has 123 heavy (non-hydrogen) atoms. The minimum atomic E-state index is -0.381. The van der Waals surface area contributed by atoms with Crippen molar-refractivity contribution in [2.45, 2.75) is 32.0 Å². The lowest BCUT2D eigenvalue weighted by Crippen LogP contribution is -2.25. The van der Waals surface area contributed by atoms with E-state index in [0.717, 1.165) is 130 Å². The van der Waals surface area contributed by atoms with Crippen LogP contribution in [0.2, 0.25) is 0 Å². The number of ether oxygens (including phenoxy) is 12. The van der Waals surface area contributed by atoms with Gasteiger partial charge >= 0.3 is 0 Å². The lowest BCUT2D eigenvalue weighted by Gasteiger charge is -2.18. The van der Waals surface area contributed by atoms with Crippen molar-refractivity contribution in [1.82, 2.24) is 67.0 Å². The standard InChI is InChI=1S/C25H22N4O4.C24H21N3O4S.C22H21N3O4.C21H18N4O4/c1-31-24-18(25(30)27-15-17-3-2-10-26-14-17)6-8-20-23(24)19(28-29-20)7-4-16-5-9-21-22(13-16)33-12-11-32-21;1-29-23-17(24(28)25-14-16-3-2-12-32-16)6-8-19-22(23)18(26-27-19)7-4-15-5-9-20-21(13-15)31-11-10-30-20;1-27-21-15(22(26)23-14-4-5-14)6-8-17-20(21)16(24-25-17)7-2-13-3-9-18-19(12-13)29-11-10-28-18;1-27-20-14(21(26)23-9-8-22)4-6-16-19(20)15(24-25-16)5-2-13-3-7-17-18(12-13)29-11-10-28-17/h2-10,13-14H,11-12,15H2,1H3,(H,27,30)(H,28,29);2-9,12-13H,10-11,14H2,1H3,(H,25,28)(H,26,27);2-3,6-9,12,14H,4-5,10-11H2,1H3,(H,23,26)(H,24,25);2-7,12H,9-11H2,1H3,(H,23,26)(H,24,25)/b2*7-4+;7-2+;5-2+. The SMILES string of the molecule is COc1c(C(=O)NC2CC2)ccc2n[nH]c(/C=C/c3ccc4c(c3)OCCO4)c12.COc1c(C(=O)NCC#N)ccc2n[nH]c(/C=C/c3ccc4c(c3)OCCO4)c12.COc1c(C(=O)NCc2cccnc2)ccc2n[nH]c(/C=C/c3ccc4c(c3)OCCO4)c12.COc1c(C(=O)NCc2cccs2)ccc2n[nH]c(/C=C/c3ccc4c(c3)OCCO4)c12. The number of H-pyrrole nitrogens is 4. The zero-order valence-corrected chi connectivity index (χ0v) is 67.9. The summed E-state index contributed by atoms with van der Waals surface area (Å²) in [6, 6.07) is 47.0. The lowest BCUT2D eigenvalue weighted by molar-refractivity contribution is 0.0939. The lowest BCUT2D eigenvalue weighted by atomic mass is 10.1. The van der Waals surface area contributed by atoms with Crippen LogP contribution in [-0.2, 0) is 13.1 Å². The number of benzene rings is 8. The summed E-state index contributed by atoms with van der Waals surface area (Å²) >= 11 is 1.60. The second-order valence-corrected chi connectivity index (χ2v) is 29.1. The fourth-order valence-corrected chi connectivity index (χ4v) is 14.6. The topological polar surface area (TPSA) is 379 Å².